The highest BCUT2D eigenvalue weighted by Crippen LogP contribution is 2.67. The molecular weight excluding hydrogens is 356 g/mol. The minimum atomic E-state index is -0.625. The van der Waals surface area contributed by atoms with Crippen molar-refractivity contribution in [2.75, 3.05) is 0 Å². The van der Waals surface area contributed by atoms with Crippen LogP contribution in [0.3, 0.4) is 0 Å². The molecular formula is C27H46O2. The Morgan fingerprint density at radius 1 is 0.966 bits per heavy atom. The molecule has 3 fully saturated rings. The Hall–Kier alpha value is -0.340. The first-order valence-corrected chi connectivity index (χ1v) is 12.7. The van der Waals surface area contributed by atoms with Crippen molar-refractivity contribution < 1.29 is 10.2 Å². The number of hydrogen-bond acceptors (Lipinski definition) is 2. The summed E-state index contributed by atoms with van der Waals surface area (Å²) in [5.74, 6) is 4.95. The van der Waals surface area contributed by atoms with E-state index in [9.17, 15) is 10.2 Å². The van der Waals surface area contributed by atoms with Gasteiger partial charge in [-0.3, -0.25) is 0 Å². The molecule has 3 saturated carbocycles. The Bertz CT molecular complexity index is 624. The maximum atomic E-state index is 10.7. The molecule has 4 rings (SSSR count). The summed E-state index contributed by atoms with van der Waals surface area (Å²) < 4.78 is 0. The molecule has 4 aliphatic rings. The maximum absolute atomic E-state index is 10.7. The molecule has 166 valence electrons. The van der Waals surface area contributed by atoms with E-state index in [0.29, 0.717) is 11.3 Å². The first-order valence-electron chi connectivity index (χ1n) is 12.7. The van der Waals surface area contributed by atoms with Gasteiger partial charge in [0.1, 0.15) is 6.10 Å². The standard InChI is InChI=1S/C27H46O2/c1-17(2)7-6-8-18(3)20-11-12-21-19-9-10-23-25(29)24(28)14-16-27(23,5)22(19)13-15-26(20,21)4/h10,17-22,24-25,28-29H,6-9,11-16H2,1-5H3/t18-,19+,20-,21+,22+,24?,25+,26-,27-/m1/s1. The third-order valence-electron chi connectivity index (χ3n) is 10.4. The molecule has 29 heavy (non-hydrogen) atoms. The van der Waals surface area contributed by atoms with Gasteiger partial charge in [0.15, 0.2) is 0 Å². The number of hydrogen-bond donors (Lipinski definition) is 2. The van der Waals surface area contributed by atoms with E-state index in [-0.39, 0.29) is 5.41 Å². The smallest absolute Gasteiger partial charge is 0.101 e. The molecule has 1 unspecified atom stereocenters. The van der Waals surface area contributed by atoms with Crippen LogP contribution in [0.2, 0.25) is 0 Å². The van der Waals surface area contributed by atoms with Crippen LogP contribution < -0.4 is 0 Å². The van der Waals surface area contributed by atoms with E-state index in [4.69, 9.17) is 0 Å². The van der Waals surface area contributed by atoms with E-state index in [1.807, 2.05) is 0 Å². The maximum Gasteiger partial charge on any atom is 0.101 e. The summed E-state index contributed by atoms with van der Waals surface area (Å²) in [5, 5.41) is 20.9. The lowest BCUT2D eigenvalue weighted by Crippen LogP contribution is -2.53. The summed E-state index contributed by atoms with van der Waals surface area (Å²) in [7, 11) is 0. The van der Waals surface area contributed by atoms with Gasteiger partial charge in [-0.15, -0.1) is 0 Å². The molecule has 0 saturated heterocycles. The SMILES string of the molecule is CC(C)CCC[C@@H](C)[C@H]1CC[C@H]2[C@@H]3CC=C4[C@H](O)C(O)CC[C@]4(C)[C@H]3CC[C@]12C. The first kappa shape index (κ1) is 21.9. The summed E-state index contributed by atoms with van der Waals surface area (Å²) in [6.45, 7) is 12.3. The third-order valence-corrected chi connectivity index (χ3v) is 10.4. The van der Waals surface area contributed by atoms with E-state index in [1.54, 1.807) is 0 Å². The van der Waals surface area contributed by atoms with Crippen LogP contribution in [0.15, 0.2) is 11.6 Å². The van der Waals surface area contributed by atoms with Gasteiger partial charge in [0.2, 0.25) is 0 Å². The van der Waals surface area contributed by atoms with Crippen LogP contribution in [0.4, 0.5) is 0 Å². The second-order valence-corrected chi connectivity index (χ2v) is 12.3. The van der Waals surface area contributed by atoms with Gasteiger partial charge in [-0.05, 0) is 96.9 Å². The van der Waals surface area contributed by atoms with Gasteiger partial charge in [0.05, 0.1) is 6.10 Å². The van der Waals surface area contributed by atoms with E-state index < -0.39 is 12.2 Å². The summed E-state index contributed by atoms with van der Waals surface area (Å²) in [6.07, 6.45) is 13.9. The minimum Gasteiger partial charge on any atom is -0.390 e. The molecule has 0 amide bonds. The molecule has 0 aromatic carbocycles. The molecule has 0 aliphatic heterocycles. The fourth-order valence-electron chi connectivity index (χ4n) is 8.74. The highest BCUT2D eigenvalue weighted by molar-refractivity contribution is 5.29. The Labute approximate surface area is 179 Å². The number of allylic oxidation sites excluding steroid dienone is 1. The molecule has 0 bridgehead atoms. The van der Waals surface area contributed by atoms with Gasteiger partial charge in [-0.25, -0.2) is 0 Å². The van der Waals surface area contributed by atoms with Gasteiger partial charge in [0.25, 0.3) is 0 Å². The second-order valence-electron chi connectivity index (χ2n) is 12.3. The van der Waals surface area contributed by atoms with Gasteiger partial charge < -0.3 is 10.2 Å². The summed E-state index contributed by atoms with van der Waals surface area (Å²) in [5.41, 5.74) is 1.81. The Kier molecular flexibility index (Phi) is 6.01. The quantitative estimate of drug-likeness (QED) is 0.525. The topological polar surface area (TPSA) is 40.5 Å². The molecule has 0 spiro atoms. The zero-order valence-corrected chi connectivity index (χ0v) is 19.7. The van der Waals surface area contributed by atoms with Crippen molar-refractivity contribution in [3.05, 3.63) is 11.6 Å². The van der Waals surface area contributed by atoms with Gasteiger partial charge >= 0.3 is 0 Å². The zero-order chi connectivity index (χ0) is 21.0. The van der Waals surface area contributed by atoms with Crippen molar-refractivity contribution in [1.29, 1.82) is 0 Å². The van der Waals surface area contributed by atoms with Crippen molar-refractivity contribution in [1.82, 2.24) is 0 Å². The van der Waals surface area contributed by atoms with E-state index in [1.165, 1.54) is 50.5 Å². The van der Waals surface area contributed by atoms with Crippen LogP contribution in [0.5, 0.6) is 0 Å². The number of fused-ring (bicyclic) bond motifs is 5. The fourth-order valence-corrected chi connectivity index (χ4v) is 8.74. The molecule has 0 aromatic heterocycles. The van der Waals surface area contributed by atoms with Crippen LogP contribution in [0.1, 0.15) is 98.8 Å². The molecule has 2 heteroatoms. The molecule has 0 heterocycles. The highest BCUT2D eigenvalue weighted by Gasteiger charge is 2.60. The fraction of sp³-hybridized carbons (Fsp3) is 0.926. The number of aliphatic hydroxyl groups excluding tert-OH is 2. The lowest BCUT2D eigenvalue weighted by Gasteiger charge is -2.59. The van der Waals surface area contributed by atoms with Crippen molar-refractivity contribution in [2.45, 2.75) is 111 Å². The number of aliphatic hydroxyl groups is 2. The lowest BCUT2D eigenvalue weighted by atomic mass is 9.46. The largest absolute Gasteiger partial charge is 0.390 e. The summed E-state index contributed by atoms with van der Waals surface area (Å²) in [4.78, 5) is 0. The van der Waals surface area contributed by atoms with Crippen molar-refractivity contribution in [3.63, 3.8) is 0 Å². The molecule has 2 nitrogen and oxygen atoms in total. The monoisotopic (exact) mass is 402 g/mol. The van der Waals surface area contributed by atoms with Crippen LogP contribution >= 0.6 is 0 Å². The minimum absolute atomic E-state index is 0.115. The predicted octanol–water partition coefficient (Wildman–Crippen LogP) is 6.36. The Balaban J connectivity index is 1.51. The molecule has 0 aromatic rings. The second kappa shape index (κ2) is 7.97. The third kappa shape index (κ3) is 3.55. The Morgan fingerprint density at radius 2 is 1.72 bits per heavy atom. The summed E-state index contributed by atoms with van der Waals surface area (Å²) >= 11 is 0. The van der Waals surface area contributed by atoms with Crippen LogP contribution in [-0.2, 0) is 0 Å². The van der Waals surface area contributed by atoms with Gasteiger partial charge in [-0.1, -0.05) is 60.0 Å². The van der Waals surface area contributed by atoms with E-state index in [2.05, 4.69) is 40.7 Å². The van der Waals surface area contributed by atoms with Crippen LogP contribution in [0.25, 0.3) is 0 Å². The van der Waals surface area contributed by atoms with E-state index in [0.717, 1.165) is 48.9 Å². The van der Waals surface area contributed by atoms with Gasteiger partial charge in [-0.2, -0.15) is 0 Å². The first-order chi connectivity index (χ1) is 13.7. The van der Waals surface area contributed by atoms with Crippen LogP contribution in [0, 0.1) is 46.3 Å². The zero-order valence-electron chi connectivity index (χ0n) is 19.7. The average molecular weight is 403 g/mol. The van der Waals surface area contributed by atoms with Crippen molar-refractivity contribution >= 4 is 0 Å². The lowest BCUT2D eigenvalue weighted by molar-refractivity contribution is -0.0801. The van der Waals surface area contributed by atoms with Crippen molar-refractivity contribution in [2.24, 2.45) is 46.3 Å². The van der Waals surface area contributed by atoms with Crippen molar-refractivity contribution in [3.8, 4) is 0 Å². The predicted molar refractivity (Wildman–Crippen MR) is 120 cm³/mol. The Morgan fingerprint density at radius 3 is 2.45 bits per heavy atom. The molecule has 4 aliphatic carbocycles. The molecule has 2 N–H and O–H groups in total. The summed E-state index contributed by atoms with van der Waals surface area (Å²) in [6, 6.07) is 0. The number of rotatable bonds is 5. The van der Waals surface area contributed by atoms with Gasteiger partial charge in [0, 0.05) is 0 Å². The molecule has 0 radical (unpaired) electrons. The van der Waals surface area contributed by atoms with E-state index >= 15 is 0 Å². The van der Waals surface area contributed by atoms with Crippen LogP contribution in [-0.4, -0.2) is 22.4 Å². The normalized spacial score (nSPS) is 47.9. The highest BCUT2D eigenvalue weighted by atomic mass is 16.3. The average Bonchev–Trinajstić information content (AvgIpc) is 3.02. The molecule has 9 atom stereocenters.